The zero-order valence-corrected chi connectivity index (χ0v) is 18.8. The molecule has 4 aliphatic rings. The molecule has 0 aliphatic heterocycles. The Bertz CT molecular complexity index is 755. The van der Waals surface area contributed by atoms with Crippen LogP contribution in [0.15, 0.2) is 23.2 Å². The Morgan fingerprint density at radius 2 is 1.77 bits per heavy atom. The maximum absolute atomic E-state index is 12.3. The Balaban J connectivity index is 1.26. The first kappa shape index (κ1) is 22.1. The van der Waals surface area contributed by atoms with Crippen molar-refractivity contribution in [3.05, 3.63) is 23.8 Å². The van der Waals surface area contributed by atoms with E-state index in [2.05, 4.69) is 4.99 Å². The number of benzene rings is 1. The standard InChI is InChI=1S/C25H35NO5/c1-28-6-3-7-30-23-11-18(4-5-22(23)29-2)15-26-16-24(27)31-17-25-12-19-8-20(13-25)10-21(9-19)14-25/h4-5,11,15,19-21H,3,6-10,12-14,16-17H2,1-2H3. The molecule has 4 bridgehead atoms. The van der Waals surface area contributed by atoms with E-state index in [0.29, 0.717) is 31.3 Å². The molecule has 0 amide bonds. The van der Waals surface area contributed by atoms with Crippen molar-refractivity contribution in [1.29, 1.82) is 0 Å². The Morgan fingerprint density at radius 3 is 2.42 bits per heavy atom. The normalized spacial score (nSPS) is 28.8. The van der Waals surface area contributed by atoms with Crippen LogP contribution in [0.25, 0.3) is 0 Å². The maximum atomic E-state index is 12.3. The number of methoxy groups -OCH3 is 2. The molecule has 0 unspecified atom stereocenters. The van der Waals surface area contributed by atoms with Crippen molar-refractivity contribution in [2.75, 3.05) is 40.6 Å². The minimum Gasteiger partial charge on any atom is -0.493 e. The molecule has 0 N–H and O–H groups in total. The fourth-order valence-electron chi connectivity index (χ4n) is 6.24. The van der Waals surface area contributed by atoms with Gasteiger partial charge in [0.05, 0.1) is 20.3 Å². The van der Waals surface area contributed by atoms with Gasteiger partial charge in [-0.15, -0.1) is 0 Å². The summed E-state index contributed by atoms with van der Waals surface area (Å²) in [7, 11) is 3.29. The van der Waals surface area contributed by atoms with Crippen LogP contribution in [0.5, 0.6) is 11.5 Å². The highest BCUT2D eigenvalue weighted by atomic mass is 16.5. The van der Waals surface area contributed by atoms with Crippen LogP contribution >= 0.6 is 0 Å². The molecule has 170 valence electrons. The summed E-state index contributed by atoms with van der Waals surface area (Å²) < 4.78 is 21.9. The van der Waals surface area contributed by atoms with E-state index in [4.69, 9.17) is 18.9 Å². The molecule has 0 atom stereocenters. The molecule has 4 fully saturated rings. The lowest BCUT2D eigenvalue weighted by Gasteiger charge is -2.56. The third kappa shape index (κ3) is 5.59. The molecule has 0 saturated heterocycles. The van der Waals surface area contributed by atoms with Gasteiger partial charge in [0.15, 0.2) is 11.5 Å². The van der Waals surface area contributed by atoms with Crippen molar-refractivity contribution in [3.8, 4) is 11.5 Å². The average molecular weight is 430 g/mol. The van der Waals surface area contributed by atoms with E-state index in [-0.39, 0.29) is 17.9 Å². The maximum Gasteiger partial charge on any atom is 0.327 e. The van der Waals surface area contributed by atoms with Gasteiger partial charge in [0.2, 0.25) is 0 Å². The summed E-state index contributed by atoms with van der Waals surface area (Å²) >= 11 is 0. The smallest absolute Gasteiger partial charge is 0.327 e. The average Bonchev–Trinajstić information content (AvgIpc) is 2.75. The van der Waals surface area contributed by atoms with Gasteiger partial charge in [-0.2, -0.15) is 0 Å². The number of hydrogen-bond acceptors (Lipinski definition) is 6. The van der Waals surface area contributed by atoms with Crippen molar-refractivity contribution < 1.29 is 23.7 Å². The van der Waals surface area contributed by atoms with Crippen LogP contribution < -0.4 is 9.47 Å². The summed E-state index contributed by atoms with van der Waals surface area (Å²) in [6, 6.07) is 5.61. The van der Waals surface area contributed by atoms with E-state index in [1.165, 1.54) is 38.5 Å². The number of ether oxygens (including phenoxy) is 4. The van der Waals surface area contributed by atoms with E-state index in [1.54, 1.807) is 20.4 Å². The predicted molar refractivity (Wildman–Crippen MR) is 119 cm³/mol. The summed E-state index contributed by atoms with van der Waals surface area (Å²) in [5.41, 5.74) is 1.11. The lowest BCUT2D eigenvalue weighted by Crippen LogP contribution is -2.48. The van der Waals surface area contributed by atoms with E-state index in [0.717, 1.165) is 29.7 Å². The van der Waals surface area contributed by atoms with Gasteiger partial charge >= 0.3 is 5.97 Å². The number of carbonyl (C=O) groups excluding carboxylic acids is 1. The minimum atomic E-state index is -0.239. The second-order valence-corrected chi connectivity index (χ2v) is 9.65. The van der Waals surface area contributed by atoms with Crippen molar-refractivity contribution >= 4 is 12.2 Å². The first-order chi connectivity index (χ1) is 15.1. The molecule has 31 heavy (non-hydrogen) atoms. The Hall–Kier alpha value is -2.08. The summed E-state index contributed by atoms with van der Waals surface area (Å²) in [4.78, 5) is 16.6. The zero-order valence-electron chi connectivity index (χ0n) is 18.8. The van der Waals surface area contributed by atoms with Crippen LogP contribution in [-0.2, 0) is 14.3 Å². The van der Waals surface area contributed by atoms with E-state index in [1.807, 2.05) is 18.2 Å². The quantitative estimate of drug-likeness (QED) is 0.298. The Labute approximate surface area is 185 Å². The van der Waals surface area contributed by atoms with Crippen LogP contribution in [0.1, 0.15) is 50.5 Å². The van der Waals surface area contributed by atoms with E-state index >= 15 is 0 Å². The third-order valence-corrected chi connectivity index (χ3v) is 7.10. The highest BCUT2D eigenvalue weighted by Gasteiger charge is 2.51. The molecular formula is C25H35NO5. The van der Waals surface area contributed by atoms with Crippen molar-refractivity contribution in [2.24, 2.45) is 28.2 Å². The fourth-order valence-corrected chi connectivity index (χ4v) is 6.24. The van der Waals surface area contributed by atoms with Crippen LogP contribution in [-0.4, -0.2) is 52.8 Å². The summed E-state index contributed by atoms with van der Waals surface area (Å²) in [6.45, 7) is 1.81. The molecule has 4 aliphatic carbocycles. The van der Waals surface area contributed by atoms with Crippen molar-refractivity contribution in [1.82, 2.24) is 0 Å². The Kier molecular flexibility index (Phi) is 7.16. The van der Waals surface area contributed by atoms with Crippen LogP contribution in [0, 0.1) is 23.2 Å². The molecule has 5 rings (SSSR count). The third-order valence-electron chi connectivity index (χ3n) is 7.10. The molecule has 0 radical (unpaired) electrons. The molecule has 4 saturated carbocycles. The molecule has 1 aromatic carbocycles. The molecule has 1 aromatic rings. The van der Waals surface area contributed by atoms with Crippen LogP contribution in [0.4, 0.5) is 0 Å². The predicted octanol–water partition coefficient (Wildman–Crippen LogP) is 4.29. The molecule has 6 nitrogen and oxygen atoms in total. The van der Waals surface area contributed by atoms with Gasteiger partial charge in [-0.3, -0.25) is 9.79 Å². The van der Waals surface area contributed by atoms with Crippen molar-refractivity contribution in [3.63, 3.8) is 0 Å². The molecule has 0 spiro atoms. The topological polar surface area (TPSA) is 66.4 Å². The number of carbonyl (C=O) groups is 1. The number of nitrogens with zero attached hydrogens (tertiary/aromatic N) is 1. The molecule has 0 heterocycles. The largest absolute Gasteiger partial charge is 0.493 e. The number of rotatable bonds is 11. The van der Waals surface area contributed by atoms with Gasteiger partial charge in [-0.1, -0.05) is 0 Å². The Morgan fingerprint density at radius 1 is 1.06 bits per heavy atom. The highest BCUT2D eigenvalue weighted by molar-refractivity contribution is 5.83. The SMILES string of the molecule is COCCCOc1cc(C=NCC(=O)OCC23CC4CC(CC(C4)C2)C3)ccc1OC. The zero-order chi connectivity index (χ0) is 21.7. The van der Waals surface area contributed by atoms with E-state index in [9.17, 15) is 4.79 Å². The monoisotopic (exact) mass is 429 g/mol. The lowest BCUT2D eigenvalue weighted by molar-refractivity contribution is -0.153. The van der Waals surface area contributed by atoms with E-state index < -0.39 is 0 Å². The fraction of sp³-hybridized carbons (Fsp3) is 0.680. The first-order valence-corrected chi connectivity index (χ1v) is 11.5. The summed E-state index contributed by atoms with van der Waals surface area (Å²) in [6.07, 6.45) is 10.4. The second kappa shape index (κ2) is 10.0. The van der Waals surface area contributed by atoms with Crippen molar-refractivity contribution in [2.45, 2.75) is 44.9 Å². The van der Waals surface area contributed by atoms with Gasteiger partial charge in [0.25, 0.3) is 0 Å². The van der Waals surface area contributed by atoms with Crippen LogP contribution in [0.3, 0.4) is 0 Å². The second-order valence-electron chi connectivity index (χ2n) is 9.65. The van der Waals surface area contributed by atoms with Crippen LogP contribution in [0.2, 0.25) is 0 Å². The minimum absolute atomic E-state index is 0.0441. The van der Waals surface area contributed by atoms with Gasteiger partial charge in [0, 0.05) is 31.8 Å². The van der Waals surface area contributed by atoms with Gasteiger partial charge < -0.3 is 18.9 Å². The van der Waals surface area contributed by atoms with Gasteiger partial charge in [-0.05, 0) is 80.0 Å². The molecule has 6 heteroatoms. The number of aliphatic imine (C=N–C) groups is 1. The lowest BCUT2D eigenvalue weighted by atomic mass is 9.50. The molecule has 0 aromatic heterocycles. The van der Waals surface area contributed by atoms with Gasteiger partial charge in [-0.25, -0.2) is 0 Å². The molecular weight excluding hydrogens is 394 g/mol. The highest BCUT2D eigenvalue weighted by Crippen LogP contribution is 2.60. The number of hydrogen-bond donors (Lipinski definition) is 0. The first-order valence-electron chi connectivity index (χ1n) is 11.5. The number of esters is 1. The summed E-state index contributed by atoms with van der Waals surface area (Å²) in [5.74, 6) is 3.69. The summed E-state index contributed by atoms with van der Waals surface area (Å²) in [5, 5.41) is 0. The van der Waals surface area contributed by atoms with Gasteiger partial charge in [0.1, 0.15) is 6.54 Å².